The predicted octanol–water partition coefficient (Wildman–Crippen LogP) is 3.76. The van der Waals surface area contributed by atoms with Gasteiger partial charge in [-0.15, -0.1) is 0 Å². The molecule has 2 rings (SSSR count). The quantitative estimate of drug-likeness (QED) is 0.578. The Hall–Kier alpha value is -1.91. The minimum atomic E-state index is 0.724. The molecular formula is C14H10ClN. The van der Waals surface area contributed by atoms with Crippen LogP contribution in [0.5, 0.6) is 0 Å². The minimum Gasteiger partial charge on any atom is -0.315 e. The van der Waals surface area contributed by atoms with Crippen LogP contribution in [-0.4, -0.2) is 0 Å². The monoisotopic (exact) mass is 227 g/mol. The maximum absolute atomic E-state index is 5.78. The van der Waals surface area contributed by atoms with Crippen LogP contribution in [0.2, 0.25) is 5.02 Å². The molecule has 0 atom stereocenters. The molecule has 0 saturated heterocycles. The number of anilines is 1. The lowest BCUT2D eigenvalue weighted by Gasteiger charge is -1.96. The predicted molar refractivity (Wildman–Crippen MR) is 68.4 cm³/mol. The SMILES string of the molecule is Clc1ccc(NC#Cc2ccccc2)cc1. The van der Waals surface area contributed by atoms with Crippen molar-refractivity contribution in [2.24, 2.45) is 0 Å². The summed E-state index contributed by atoms with van der Waals surface area (Å²) in [7, 11) is 0. The Morgan fingerprint density at radius 3 is 2.25 bits per heavy atom. The number of nitrogens with one attached hydrogen (secondary N) is 1. The Bertz CT molecular complexity index is 506. The average Bonchev–Trinajstić information content (AvgIpc) is 2.33. The standard InChI is InChI=1S/C14H10ClN/c15-13-6-8-14(9-7-13)16-11-10-12-4-2-1-3-5-12/h1-9,16H. The first-order valence-corrected chi connectivity index (χ1v) is 5.30. The van der Waals surface area contributed by atoms with Gasteiger partial charge in [0.05, 0.1) is 0 Å². The summed E-state index contributed by atoms with van der Waals surface area (Å²) in [4.78, 5) is 0. The highest BCUT2D eigenvalue weighted by molar-refractivity contribution is 6.30. The van der Waals surface area contributed by atoms with E-state index in [2.05, 4.69) is 17.3 Å². The van der Waals surface area contributed by atoms with Crippen LogP contribution in [0.1, 0.15) is 5.56 Å². The first kappa shape index (κ1) is 10.6. The zero-order chi connectivity index (χ0) is 11.2. The fourth-order valence-electron chi connectivity index (χ4n) is 1.23. The molecule has 0 heterocycles. The van der Waals surface area contributed by atoms with E-state index in [0.717, 1.165) is 16.3 Å². The summed E-state index contributed by atoms with van der Waals surface area (Å²) < 4.78 is 0. The molecule has 1 nitrogen and oxygen atoms in total. The second-order valence-corrected chi connectivity index (χ2v) is 3.68. The number of benzene rings is 2. The maximum atomic E-state index is 5.78. The molecule has 0 unspecified atom stereocenters. The molecule has 0 fully saturated rings. The molecule has 0 amide bonds. The van der Waals surface area contributed by atoms with Crippen molar-refractivity contribution in [3.8, 4) is 12.0 Å². The Labute approximate surface area is 100 Å². The molecule has 0 aliphatic rings. The van der Waals surface area contributed by atoms with Crippen molar-refractivity contribution in [3.05, 3.63) is 65.2 Å². The largest absolute Gasteiger partial charge is 0.315 e. The highest BCUT2D eigenvalue weighted by Crippen LogP contribution is 2.12. The van der Waals surface area contributed by atoms with E-state index < -0.39 is 0 Å². The molecule has 1 N–H and O–H groups in total. The minimum absolute atomic E-state index is 0.724. The van der Waals surface area contributed by atoms with Crippen LogP contribution in [0.3, 0.4) is 0 Å². The van der Waals surface area contributed by atoms with Gasteiger partial charge in [-0.1, -0.05) is 29.8 Å². The topological polar surface area (TPSA) is 12.0 Å². The number of halogens is 1. The molecule has 0 aromatic heterocycles. The zero-order valence-corrected chi connectivity index (χ0v) is 9.33. The Morgan fingerprint density at radius 1 is 0.875 bits per heavy atom. The van der Waals surface area contributed by atoms with Crippen LogP contribution in [0, 0.1) is 12.0 Å². The van der Waals surface area contributed by atoms with Gasteiger partial charge in [0, 0.05) is 22.3 Å². The van der Waals surface area contributed by atoms with Crippen molar-refractivity contribution in [1.29, 1.82) is 0 Å². The first-order valence-electron chi connectivity index (χ1n) is 4.92. The molecule has 16 heavy (non-hydrogen) atoms. The maximum Gasteiger partial charge on any atom is 0.0460 e. The summed E-state index contributed by atoms with van der Waals surface area (Å²) in [6, 6.07) is 20.2. The molecule has 0 bridgehead atoms. The smallest absolute Gasteiger partial charge is 0.0460 e. The van der Waals surface area contributed by atoms with E-state index >= 15 is 0 Å². The average molecular weight is 228 g/mol. The lowest BCUT2D eigenvalue weighted by atomic mass is 10.2. The summed E-state index contributed by atoms with van der Waals surface area (Å²) in [5.41, 5.74) is 1.93. The van der Waals surface area contributed by atoms with Crippen LogP contribution in [0.15, 0.2) is 54.6 Å². The summed E-state index contributed by atoms with van der Waals surface area (Å²) in [5, 5.41) is 3.72. The molecule has 0 spiro atoms. The fourth-order valence-corrected chi connectivity index (χ4v) is 1.36. The van der Waals surface area contributed by atoms with Gasteiger partial charge in [-0.05, 0) is 42.3 Å². The van der Waals surface area contributed by atoms with Crippen LogP contribution >= 0.6 is 11.6 Å². The number of hydrogen-bond acceptors (Lipinski definition) is 1. The van der Waals surface area contributed by atoms with Crippen molar-refractivity contribution in [2.45, 2.75) is 0 Å². The third kappa shape index (κ3) is 3.05. The molecule has 2 aromatic rings. The normalized spacial score (nSPS) is 9.06. The summed E-state index contributed by atoms with van der Waals surface area (Å²) >= 11 is 5.78. The summed E-state index contributed by atoms with van der Waals surface area (Å²) in [6.45, 7) is 0. The fraction of sp³-hybridized carbons (Fsp3) is 0. The van der Waals surface area contributed by atoms with Gasteiger partial charge in [-0.25, -0.2) is 0 Å². The van der Waals surface area contributed by atoms with Crippen molar-refractivity contribution in [1.82, 2.24) is 0 Å². The van der Waals surface area contributed by atoms with Crippen molar-refractivity contribution in [3.63, 3.8) is 0 Å². The highest BCUT2D eigenvalue weighted by atomic mass is 35.5. The molecule has 78 valence electrons. The summed E-state index contributed by atoms with van der Waals surface area (Å²) in [5.74, 6) is 3.01. The van der Waals surface area contributed by atoms with Crippen molar-refractivity contribution < 1.29 is 0 Å². The van der Waals surface area contributed by atoms with E-state index in [1.165, 1.54) is 0 Å². The van der Waals surface area contributed by atoms with Gasteiger partial charge in [0.2, 0.25) is 0 Å². The molecule has 0 aliphatic carbocycles. The Morgan fingerprint density at radius 2 is 1.56 bits per heavy atom. The van der Waals surface area contributed by atoms with E-state index in [-0.39, 0.29) is 0 Å². The molecular weight excluding hydrogens is 218 g/mol. The zero-order valence-electron chi connectivity index (χ0n) is 8.57. The molecule has 0 saturated carbocycles. The van der Waals surface area contributed by atoms with Crippen LogP contribution in [0.4, 0.5) is 5.69 Å². The van der Waals surface area contributed by atoms with Gasteiger partial charge < -0.3 is 5.32 Å². The lowest BCUT2D eigenvalue weighted by molar-refractivity contribution is 1.61. The van der Waals surface area contributed by atoms with Gasteiger partial charge in [0.1, 0.15) is 0 Å². The Kier molecular flexibility index (Phi) is 3.48. The van der Waals surface area contributed by atoms with E-state index in [9.17, 15) is 0 Å². The van der Waals surface area contributed by atoms with Gasteiger partial charge in [0.25, 0.3) is 0 Å². The molecule has 2 heteroatoms. The van der Waals surface area contributed by atoms with Crippen molar-refractivity contribution in [2.75, 3.05) is 5.32 Å². The molecule has 0 aliphatic heterocycles. The van der Waals surface area contributed by atoms with E-state index in [0.29, 0.717) is 0 Å². The summed E-state index contributed by atoms with van der Waals surface area (Å²) in [6.07, 6.45) is 0. The van der Waals surface area contributed by atoms with Gasteiger partial charge in [-0.3, -0.25) is 0 Å². The second-order valence-electron chi connectivity index (χ2n) is 3.25. The van der Waals surface area contributed by atoms with Crippen molar-refractivity contribution >= 4 is 17.3 Å². The molecule has 0 radical (unpaired) electrons. The van der Waals surface area contributed by atoms with Gasteiger partial charge in [0.15, 0.2) is 0 Å². The first-order chi connectivity index (χ1) is 7.84. The molecule has 2 aromatic carbocycles. The van der Waals surface area contributed by atoms with Crippen LogP contribution in [0.25, 0.3) is 0 Å². The lowest BCUT2D eigenvalue weighted by Crippen LogP contribution is -1.87. The van der Waals surface area contributed by atoms with E-state index in [4.69, 9.17) is 11.6 Å². The Balaban J connectivity index is 2.03. The number of rotatable bonds is 1. The van der Waals surface area contributed by atoms with Gasteiger partial charge in [-0.2, -0.15) is 0 Å². The van der Waals surface area contributed by atoms with Crippen LogP contribution < -0.4 is 5.32 Å². The third-order valence-electron chi connectivity index (χ3n) is 2.03. The second kappa shape index (κ2) is 5.25. The number of hydrogen-bond donors (Lipinski definition) is 1. The van der Waals surface area contributed by atoms with E-state index in [1.54, 1.807) is 0 Å². The van der Waals surface area contributed by atoms with E-state index in [1.807, 2.05) is 54.6 Å². The van der Waals surface area contributed by atoms with Gasteiger partial charge >= 0.3 is 0 Å². The highest BCUT2D eigenvalue weighted by Gasteiger charge is 1.88. The van der Waals surface area contributed by atoms with Crippen LogP contribution in [-0.2, 0) is 0 Å². The third-order valence-corrected chi connectivity index (χ3v) is 2.28.